The van der Waals surface area contributed by atoms with Crippen molar-refractivity contribution in [3.05, 3.63) is 71.3 Å². The highest BCUT2D eigenvalue weighted by Gasteiger charge is 2.08. The van der Waals surface area contributed by atoms with E-state index in [1.54, 1.807) is 12.1 Å². The van der Waals surface area contributed by atoms with Gasteiger partial charge >= 0.3 is 6.03 Å². The fraction of sp³-hybridized carbons (Fsp3) is 0.263. The van der Waals surface area contributed by atoms with Crippen LogP contribution in [0.15, 0.2) is 54.6 Å². The monoisotopic (exact) mass is 325 g/mol. The van der Waals surface area contributed by atoms with Crippen LogP contribution < -0.4 is 16.0 Å². The first kappa shape index (κ1) is 17.5. The second-order valence-electron chi connectivity index (χ2n) is 5.85. The highest BCUT2D eigenvalue weighted by Crippen LogP contribution is 2.06. The van der Waals surface area contributed by atoms with Crippen LogP contribution in [0.4, 0.5) is 4.79 Å². The van der Waals surface area contributed by atoms with Crippen molar-refractivity contribution in [3.63, 3.8) is 0 Å². The van der Waals surface area contributed by atoms with Crippen LogP contribution in [0.25, 0.3) is 0 Å². The highest BCUT2D eigenvalue weighted by atomic mass is 16.2. The SMILES string of the molecule is CC(C)NC(=O)c1cccc(CNC(=O)NCc2ccccc2)c1. The van der Waals surface area contributed by atoms with Gasteiger partial charge in [-0.2, -0.15) is 0 Å². The number of carbonyl (C=O) groups is 2. The molecule has 3 N–H and O–H groups in total. The molecule has 126 valence electrons. The van der Waals surface area contributed by atoms with Crippen LogP contribution in [0, 0.1) is 0 Å². The minimum Gasteiger partial charge on any atom is -0.350 e. The van der Waals surface area contributed by atoms with E-state index in [4.69, 9.17) is 0 Å². The van der Waals surface area contributed by atoms with Gasteiger partial charge in [0, 0.05) is 24.7 Å². The van der Waals surface area contributed by atoms with E-state index < -0.39 is 0 Å². The molecule has 0 heterocycles. The van der Waals surface area contributed by atoms with Gasteiger partial charge in [-0.05, 0) is 37.1 Å². The van der Waals surface area contributed by atoms with E-state index in [1.807, 2.05) is 56.3 Å². The fourth-order valence-electron chi connectivity index (χ4n) is 2.19. The predicted molar refractivity (Wildman–Crippen MR) is 94.6 cm³/mol. The van der Waals surface area contributed by atoms with Gasteiger partial charge in [-0.15, -0.1) is 0 Å². The zero-order chi connectivity index (χ0) is 17.4. The Labute approximate surface area is 142 Å². The smallest absolute Gasteiger partial charge is 0.315 e. The van der Waals surface area contributed by atoms with Crippen molar-refractivity contribution >= 4 is 11.9 Å². The summed E-state index contributed by atoms with van der Waals surface area (Å²) >= 11 is 0. The Morgan fingerprint density at radius 1 is 0.875 bits per heavy atom. The van der Waals surface area contributed by atoms with E-state index in [0.717, 1.165) is 11.1 Å². The molecule has 5 nitrogen and oxygen atoms in total. The minimum atomic E-state index is -0.240. The summed E-state index contributed by atoms with van der Waals surface area (Å²) in [7, 11) is 0. The van der Waals surface area contributed by atoms with E-state index in [0.29, 0.717) is 18.7 Å². The van der Waals surface area contributed by atoms with Crippen molar-refractivity contribution in [2.45, 2.75) is 33.0 Å². The van der Waals surface area contributed by atoms with Crippen molar-refractivity contribution in [1.29, 1.82) is 0 Å². The number of rotatable bonds is 6. The van der Waals surface area contributed by atoms with Gasteiger partial charge in [0.1, 0.15) is 0 Å². The third kappa shape index (κ3) is 5.76. The number of hydrogen-bond donors (Lipinski definition) is 3. The quantitative estimate of drug-likeness (QED) is 0.764. The predicted octanol–water partition coefficient (Wildman–Crippen LogP) is 2.82. The normalized spacial score (nSPS) is 10.3. The summed E-state index contributed by atoms with van der Waals surface area (Å²) in [6.07, 6.45) is 0. The Morgan fingerprint density at radius 3 is 2.17 bits per heavy atom. The topological polar surface area (TPSA) is 70.2 Å². The molecule has 0 saturated carbocycles. The first-order valence-corrected chi connectivity index (χ1v) is 8.00. The number of urea groups is 1. The van der Waals surface area contributed by atoms with E-state index in [2.05, 4.69) is 16.0 Å². The lowest BCUT2D eigenvalue weighted by molar-refractivity contribution is 0.0943. The second kappa shape index (κ2) is 8.72. The van der Waals surface area contributed by atoms with Crippen molar-refractivity contribution < 1.29 is 9.59 Å². The lowest BCUT2D eigenvalue weighted by Crippen LogP contribution is -2.34. The molecular weight excluding hydrogens is 302 g/mol. The van der Waals surface area contributed by atoms with Crippen LogP contribution >= 0.6 is 0 Å². The van der Waals surface area contributed by atoms with Gasteiger partial charge in [-0.3, -0.25) is 4.79 Å². The molecule has 2 rings (SSSR count). The maximum absolute atomic E-state index is 12.0. The van der Waals surface area contributed by atoms with Gasteiger partial charge in [0.2, 0.25) is 0 Å². The van der Waals surface area contributed by atoms with Gasteiger partial charge in [0.15, 0.2) is 0 Å². The summed E-state index contributed by atoms with van der Waals surface area (Å²) in [5.41, 5.74) is 2.51. The molecule has 0 bridgehead atoms. The molecule has 0 unspecified atom stereocenters. The van der Waals surface area contributed by atoms with Crippen molar-refractivity contribution in [1.82, 2.24) is 16.0 Å². The zero-order valence-electron chi connectivity index (χ0n) is 14.0. The maximum atomic E-state index is 12.0. The lowest BCUT2D eigenvalue weighted by Gasteiger charge is -2.10. The summed E-state index contributed by atoms with van der Waals surface area (Å²) in [6, 6.07) is 16.8. The van der Waals surface area contributed by atoms with Gasteiger partial charge in [0.25, 0.3) is 5.91 Å². The third-order valence-corrected chi connectivity index (χ3v) is 3.36. The lowest BCUT2D eigenvalue weighted by atomic mass is 10.1. The van der Waals surface area contributed by atoms with Crippen molar-refractivity contribution in [2.24, 2.45) is 0 Å². The average molecular weight is 325 g/mol. The molecule has 24 heavy (non-hydrogen) atoms. The molecule has 0 aromatic heterocycles. The molecule has 0 fully saturated rings. The van der Waals surface area contributed by atoms with Gasteiger partial charge in [0.05, 0.1) is 0 Å². The Kier molecular flexibility index (Phi) is 6.37. The van der Waals surface area contributed by atoms with E-state index >= 15 is 0 Å². The number of carbonyl (C=O) groups excluding carboxylic acids is 2. The number of amides is 3. The fourth-order valence-corrected chi connectivity index (χ4v) is 2.19. The Balaban J connectivity index is 1.83. The number of benzene rings is 2. The number of nitrogens with one attached hydrogen (secondary N) is 3. The van der Waals surface area contributed by atoms with Gasteiger partial charge < -0.3 is 16.0 Å². The molecular formula is C19H23N3O2. The summed E-state index contributed by atoms with van der Waals surface area (Å²) < 4.78 is 0. The minimum absolute atomic E-state index is 0.0862. The maximum Gasteiger partial charge on any atom is 0.315 e. The first-order chi connectivity index (χ1) is 11.5. The van der Waals surface area contributed by atoms with Crippen LogP contribution in [0.3, 0.4) is 0 Å². The molecule has 0 radical (unpaired) electrons. The van der Waals surface area contributed by atoms with Gasteiger partial charge in [-0.25, -0.2) is 4.79 Å². The van der Waals surface area contributed by atoms with E-state index in [1.165, 1.54) is 0 Å². The van der Waals surface area contributed by atoms with Crippen molar-refractivity contribution in [3.8, 4) is 0 Å². The van der Waals surface area contributed by atoms with Crippen LogP contribution in [-0.4, -0.2) is 18.0 Å². The molecule has 2 aromatic rings. The molecule has 0 aliphatic carbocycles. The van der Waals surface area contributed by atoms with E-state index in [-0.39, 0.29) is 18.0 Å². The first-order valence-electron chi connectivity index (χ1n) is 8.00. The average Bonchev–Trinajstić information content (AvgIpc) is 2.59. The summed E-state index contributed by atoms with van der Waals surface area (Å²) in [5, 5.41) is 8.45. The molecule has 3 amide bonds. The van der Waals surface area contributed by atoms with Gasteiger partial charge in [-0.1, -0.05) is 42.5 Å². The summed E-state index contributed by atoms with van der Waals surface area (Å²) in [6.45, 7) is 4.67. The molecule has 0 aliphatic heterocycles. The molecule has 0 aliphatic rings. The molecule has 0 spiro atoms. The second-order valence-corrected chi connectivity index (χ2v) is 5.85. The third-order valence-electron chi connectivity index (χ3n) is 3.36. The largest absolute Gasteiger partial charge is 0.350 e. The summed E-state index contributed by atoms with van der Waals surface area (Å²) in [4.78, 5) is 23.8. The standard InChI is InChI=1S/C19H23N3O2/c1-14(2)22-18(23)17-10-6-9-16(11-17)13-21-19(24)20-12-15-7-4-3-5-8-15/h3-11,14H,12-13H2,1-2H3,(H,22,23)(H2,20,21,24). The highest BCUT2D eigenvalue weighted by molar-refractivity contribution is 5.94. The Morgan fingerprint density at radius 2 is 1.50 bits per heavy atom. The summed E-state index contributed by atoms with van der Waals surface area (Å²) in [5.74, 6) is -0.111. The van der Waals surface area contributed by atoms with Crippen molar-refractivity contribution in [2.75, 3.05) is 0 Å². The molecule has 0 atom stereocenters. The van der Waals surface area contributed by atoms with Crippen LogP contribution in [0.1, 0.15) is 35.3 Å². The number of hydrogen-bond acceptors (Lipinski definition) is 2. The Hall–Kier alpha value is -2.82. The molecule has 5 heteroatoms. The van der Waals surface area contributed by atoms with Crippen LogP contribution in [0.5, 0.6) is 0 Å². The molecule has 2 aromatic carbocycles. The zero-order valence-corrected chi connectivity index (χ0v) is 14.0. The van der Waals surface area contributed by atoms with E-state index in [9.17, 15) is 9.59 Å². The van der Waals surface area contributed by atoms with Crippen LogP contribution in [0.2, 0.25) is 0 Å². The van der Waals surface area contributed by atoms with Crippen LogP contribution in [-0.2, 0) is 13.1 Å². The Bertz CT molecular complexity index is 684. The molecule has 0 saturated heterocycles.